The van der Waals surface area contributed by atoms with Crippen molar-refractivity contribution in [2.45, 2.75) is 32.8 Å². The quantitative estimate of drug-likeness (QED) is 0.918. The third-order valence-electron chi connectivity index (χ3n) is 3.60. The Balaban J connectivity index is 2.08. The van der Waals surface area contributed by atoms with Crippen molar-refractivity contribution >= 4 is 5.91 Å². The van der Waals surface area contributed by atoms with E-state index in [-0.39, 0.29) is 5.91 Å². The minimum absolute atomic E-state index is 0.0597. The van der Waals surface area contributed by atoms with Gasteiger partial charge in [0.05, 0.1) is 0 Å². The summed E-state index contributed by atoms with van der Waals surface area (Å²) in [6.45, 7) is 9.06. The molecule has 0 radical (unpaired) electrons. The average Bonchev–Trinajstić information content (AvgIpc) is 2.69. The Morgan fingerprint density at radius 3 is 2.75 bits per heavy atom. The van der Waals surface area contributed by atoms with E-state index in [9.17, 15) is 4.79 Å². The zero-order valence-corrected chi connectivity index (χ0v) is 12.6. The van der Waals surface area contributed by atoms with Gasteiger partial charge in [-0.15, -0.1) is 0 Å². The Bertz CT molecular complexity index is 463. The number of para-hydroxylation sites is 1. The molecule has 1 aromatic rings. The number of carbonyl (C=O) groups excluding carboxylic acids is 1. The molecule has 4 nitrogen and oxygen atoms in total. The van der Waals surface area contributed by atoms with Gasteiger partial charge in [0, 0.05) is 19.6 Å². The monoisotopic (exact) mass is 276 g/mol. The van der Waals surface area contributed by atoms with Crippen molar-refractivity contribution in [3.05, 3.63) is 29.8 Å². The van der Waals surface area contributed by atoms with E-state index >= 15 is 0 Å². The molecule has 0 aromatic heterocycles. The van der Waals surface area contributed by atoms with Crippen molar-refractivity contribution in [2.75, 3.05) is 26.2 Å². The van der Waals surface area contributed by atoms with Gasteiger partial charge in [-0.05, 0) is 45.4 Å². The predicted molar refractivity (Wildman–Crippen MR) is 80.0 cm³/mol. The molecule has 1 saturated heterocycles. The number of hydrogen-bond acceptors (Lipinski definition) is 3. The van der Waals surface area contributed by atoms with Crippen LogP contribution < -0.4 is 10.1 Å². The topological polar surface area (TPSA) is 41.6 Å². The maximum absolute atomic E-state index is 12.7. The number of amides is 1. The van der Waals surface area contributed by atoms with Crippen LogP contribution in [0.5, 0.6) is 5.75 Å². The van der Waals surface area contributed by atoms with Gasteiger partial charge in [0.2, 0.25) is 0 Å². The Kier molecular flexibility index (Phi) is 4.65. The molecule has 110 valence electrons. The highest BCUT2D eigenvalue weighted by Gasteiger charge is 2.34. The highest BCUT2D eigenvalue weighted by molar-refractivity contribution is 5.85. The summed E-state index contributed by atoms with van der Waals surface area (Å²) in [5.74, 6) is 0.836. The minimum atomic E-state index is -0.837. The molecule has 0 unspecified atom stereocenters. The number of ether oxygens (including phenoxy) is 1. The van der Waals surface area contributed by atoms with Crippen molar-refractivity contribution in [3.8, 4) is 5.75 Å². The van der Waals surface area contributed by atoms with Crippen LogP contribution in [-0.2, 0) is 4.79 Å². The van der Waals surface area contributed by atoms with E-state index in [1.807, 2.05) is 49.9 Å². The summed E-state index contributed by atoms with van der Waals surface area (Å²) >= 11 is 0. The van der Waals surface area contributed by atoms with Crippen molar-refractivity contribution < 1.29 is 9.53 Å². The first-order valence-electron chi connectivity index (χ1n) is 7.25. The van der Waals surface area contributed by atoms with Crippen molar-refractivity contribution in [3.63, 3.8) is 0 Å². The van der Waals surface area contributed by atoms with E-state index in [1.54, 1.807) is 0 Å². The zero-order chi connectivity index (χ0) is 14.6. The lowest BCUT2D eigenvalue weighted by atomic mass is 10.1. The second-order valence-corrected chi connectivity index (χ2v) is 5.77. The Labute approximate surface area is 121 Å². The summed E-state index contributed by atoms with van der Waals surface area (Å²) in [5, 5.41) is 3.31. The van der Waals surface area contributed by atoms with E-state index in [0.717, 1.165) is 43.9 Å². The number of hydrogen-bond donors (Lipinski definition) is 1. The molecule has 20 heavy (non-hydrogen) atoms. The zero-order valence-electron chi connectivity index (χ0n) is 12.6. The summed E-state index contributed by atoms with van der Waals surface area (Å²) < 4.78 is 5.98. The van der Waals surface area contributed by atoms with Gasteiger partial charge in [0.25, 0.3) is 5.91 Å². The van der Waals surface area contributed by atoms with Gasteiger partial charge in [-0.3, -0.25) is 4.79 Å². The number of aryl methyl sites for hydroxylation is 1. The number of rotatable bonds is 3. The molecule has 0 bridgehead atoms. The van der Waals surface area contributed by atoms with Crippen LogP contribution in [-0.4, -0.2) is 42.6 Å². The molecule has 1 N–H and O–H groups in total. The van der Waals surface area contributed by atoms with Crippen LogP contribution in [0.4, 0.5) is 0 Å². The van der Waals surface area contributed by atoms with E-state index in [1.165, 1.54) is 0 Å². The predicted octanol–water partition coefficient (Wildman–Crippen LogP) is 1.97. The standard InChI is InChI=1S/C16H24N2O2/c1-13-7-4-5-8-14(13)20-16(2,3)15(19)18-11-6-9-17-10-12-18/h4-5,7-8,17H,6,9-12H2,1-3H3. The first-order valence-corrected chi connectivity index (χ1v) is 7.25. The molecule has 1 amide bonds. The third kappa shape index (κ3) is 3.51. The SMILES string of the molecule is Cc1ccccc1OC(C)(C)C(=O)N1CCCNCC1. The molecular weight excluding hydrogens is 252 g/mol. The fraction of sp³-hybridized carbons (Fsp3) is 0.562. The van der Waals surface area contributed by atoms with E-state index in [4.69, 9.17) is 4.74 Å². The van der Waals surface area contributed by atoms with Gasteiger partial charge >= 0.3 is 0 Å². The molecule has 4 heteroatoms. The van der Waals surface area contributed by atoms with Gasteiger partial charge in [0.15, 0.2) is 5.60 Å². The second-order valence-electron chi connectivity index (χ2n) is 5.77. The lowest BCUT2D eigenvalue weighted by Crippen LogP contribution is -2.50. The molecule has 1 aliphatic rings. The highest BCUT2D eigenvalue weighted by atomic mass is 16.5. The fourth-order valence-electron chi connectivity index (χ4n) is 2.42. The molecule has 1 aromatic carbocycles. The molecule has 0 saturated carbocycles. The Hall–Kier alpha value is -1.55. The first kappa shape index (κ1) is 14.9. The molecule has 1 fully saturated rings. The van der Waals surface area contributed by atoms with Gasteiger partial charge in [-0.2, -0.15) is 0 Å². The van der Waals surface area contributed by atoms with Gasteiger partial charge < -0.3 is 15.0 Å². The third-order valence-corrected chi connectivity index (χ3v) is 3.60. The molecular formula is C16H24N2O2. The lowest BCUT2D eigenvalue weighted by molar-refractivity contribution is -0.145. The largest absolute Gasteiger partial charge is 0.478 e. The smallest absolute Gasteiger partial charge is 0.266 e. The molecule has 0 spiro atoms. The summed E-state index contributed by atoms with van der Waals surface area (Å²) in [7, 11) is 0. The van der Waals surface area contributed by atoms with Crippen LogP contribution >= 0.6 is 0 Å². The average molecular weight is 276 g/mol. The number of benzene rings is 1. The van der Waals surface area contributed by atoms with Crippen LogP contribution in [0.25, 0.3) is 0 Å². The number of nitrogens with one attached hydrogen (secondary N) is 1. The Morgan fingerprint density at radius 2 is 2.00 bits per heavy atom. The van der Waals surface area contributed by atoms with Crippen LogP contribution in [0, 0.1) is 6.92 Å². The van der Waals surface area contributed by atoms with Crippen LogP contribution in [0.2, 0.25) is 0 Å². The highest BCUT2D eigenvalue weighted by Crippen LogP contribution is 2.23. The number of carbonyl (C=O) groups is 1. The van der Waals surface area contributed by atoms with Crippen LogP contribution in [0.1, 0.15) is 25.8 Å². The maximum atomic E-state index is 12.7. The summed E-state index contributed by atoms with van der Waals surface area (Å²) in [4.78, 5) is 14.6. The van der Waals surface area contributed by atoms with Crippen LogP contribution in [0.3, 0.4) is 0 Å². The van der Waals surface area contributed by atoms with Gasteiger partial charge in [0.1, 0.15) is 5.75 Å². The Morgan fingerprint density at radius 1 is 1.25 bits per heavy atom. The molecule has 0 aliphatic carbocycles. The summed E-state index contributed by atoms with van der Waals surface area (Å²) in [6, 6.07) is 7.80. The van der Waals surface area contributed by atoms with E-state index in [0.29, 0.717) is 0 Å². The number of nitrogens with zero attached hydrogens (tertiary/aromatic N) is 1. The molecule has 1 aliphatic heterocycles. The summed E-state index contributed by atoms with van der Waals surface area (Å²) in [6.07, 6.45) is 0.992. The maximum Gasteiger partial charge on any atom is 0.266 e. The second kappa shape index (κ2) is 6.27. The fourth-order valence-corrected chi connectivity index (χ4v) is 2.42. The van der Waals surface area contributed by atoms with Gasteiger partial charge in [-0.1, -0.05) is 18.2 Å². The van der Waals surface area contributed by atoms with Crippen molar-refractivity contribution in [2.24, 2.45) is 0 Å². The minimum Gasteiger partial charge on any atom is -0.478 e. The molecule has 2 rings (SSSR count). The van der Waals surface area contributed by atoms with E-state index < -0.39 is 5.60 Å². The van der Waals surface area contributed by atoms with Gasteiger partial charge in [-0.25, -0.2) is 0 Å². The summed E-state index contributed by atoms with van der Waals surface area (Å²) in [5.41, 5.74) is 0.210. The molecule has 0 atom stereocenters. The van der Waals surface area contributed by atoms with E-state index in [2.05, 4.69) is 5.32 Å². The van der Waals surface area contributed by atoms with Crippen molar-refractivity contribution in [1.29, 1.82) is 0 Å². The van der Waals surface area contributed by atoms with Crippen molar-refractivity contribution in [1.82, 2.24) is 10.2 Å². The van der Waals surface area contributed by atoms with Crippen LogP contribution in [0.15, 0.2) is 24.3 Å². The lowest BCUT2D eigenvalue weighted by Gasteiger charge is -2.32. The first-order chi connectivity index (χ1) is 9.50. The molecule has 1 heterocycles. The normalized spacial score (nSPS) is 16.6.